The Morgan fingerprint density at radius 3 is 2.41 bits per heavy atom. The van der Waals surface area contributed by atoms with Crippen LogP contribution in [0, 0.1) is 0 Å². The molecule has 0 saturated carbocycles. The number of aliphatic carboxylic acids is 1. The van der Waals surface area contributed by atoms with Crippen molar-refractivity contribution in [1.29, 1.82) is 0 Å². The van der Waals surface area contributed by atoms with Crippen molar-refractivity contribution in [3.8, 4) is 0 Å². The maximum Gasteiger partial charge on any atom is 0.303 e. The average Bonchev–Trinajstić information content (AvgIpc) is 2.83. The highest BCUT2D eigenvalue weighted by atomic mass is 16.4. The third-order valence-electron chi connectivity index (χ3n) is 5.52. The maximum atomic E-state index is 12.3. The lowest BCUT2D eigenvalue weighted by Crippen LogP contribution is -2.46. The molecule has 6 heteroatoms. The second kappa shape index (κ2) is 12.3. The molecule has 0 aromatic rings. The molecule has 0 aromatic carbocycles. The highest BCUT2D eigenvalue weighted by Crippen LogP contribution is 2.28. The largest absolute Gasteiger partial charge is 0.481 e. The van der Waals surface area contributed by atoms with E-state index in [1.807, 2.05) is 0 Å². The van der Waals surface area contributed by atoms with Crippen LogP contribution in [0.5, 0.6) is 0 Å². The number of β-amino-alcohol motifs (C(OH)–C–C–N with tert-alkyl or cyclic N) is 1. The molecule has 3 atom stereocenters. The zero-order valence-electron chi connectivity index (χ0n) is 17.2. The van der Waals surface area contributed by atoms with Gasteiger partial charge in [0, 0.05) is 13.0 Å². The van der Waals surface area contributed by atoms with E-state index in [-0.39, 0.29) is 31.3 Å². The molecular weight excluding hydrogens is 346 g/mol. The van der Waals surface area contributed by atoms with Crippen molar-refractivity contribution in [2.45, 2.75) is 115 Å². The molecule has 27 heavy (non-hydrogen) atoms. The molecule has 0 radical (unpaired) electrons. The van der Waals surface area contributed by atoms with Crippen LogP contribution >= 0.6 is 0 Å². The van der Waals surface area contributed by atoms with Crippen molar-refractivity contribution < 1.29 is 24.9 Å². The Bertz CT molecular complexity index is 452. The van der Waals surface area contributed by atoms with E-state index in [1.54, 1.807) is 11.8 Å². The fourth-order valence-electron chi connectivity index (χ4n) is 3.92. The molecule has 6 nitrogen and oxygen atoms in total. The smallest absolute Gasteiger partial charge is 0.303 e. The van der Waals surface area contributed by atoms with Gasteiger partial charge in [0.15, 0.2) is 0 Å². The van der Waals surface area contributed by atoms with Gasteiger partial charge in [-0.15, -0.1) is 0 Å². The van der Waals surface area contributed by atoms with Crippen LogP contribution in [0.25, 0.3) is 0 Å². The lowest BCUT2D eigenvalue weighted by molar-refractivity contribution is -0.137. The first-order chi connectivity index (χ1) is 12.8. The molecule has 1 saturated heterocycles. The average molecular weight is 386 g/mol. The summed E-state index contributed by atoms with van der Waals surface area (Å²) in [4.78, 5) is 24.5. The Balaban J connectivity index is 2.40. The number of unbranched alkanes of at least 4 members (excludes halogenated alkanes) is 7. The van der Waals surface area contributed by atoms with Gasteiger partial charge in [-0.2, -0.15) is 0 Å². The van der Waals surface area contributed by atoms with Gasteiger partial charge in [0.2, 0.25) is 5.91 Å². The number of rotatable bonds is 15. The first kappa shape index (κ1) is 23.9. The third-order valence-corrected chi connectivity index (χ3v) is 5.52. The monoisotopic (exact) mass is 385 g/mol. The molecule has 1 aliphatic rings. The van der Waals surface area contributed by atoms with Gasteiger partial charge in [-0.1, -0.05) is 58.3 Å². The second-order valence-electron chi connectivity index (χ2n) is 8.37. The van der Waals surface area contributed by atoms with E-state index in [0.717, 1.165) is 32.1 Å². The summed E-state index contributed by atoms with van der Waals surface area (Å²) in [5.41, 5.74) is -0.925. The number of hydrogen-bond donors (Lipinski definition) is 3. The molecule has 0 aromatic heterocycles. The topological polar surface area (TPSA) is 98.1 Å². The van der Waals surface area contributed by atoms with Crippen LogP contribution in [0.2, 0.25) is 0 Å². The van der Waals surface area contributed by atoms with E-state index in [1.165, 1.54) is 19.3 Å². The van der Waals surface area contributed by atoms with Crippen LogP contribution < -0.4 is 0 Å². The van der Waals surface area contributed by atoms with Crippen molar-refractivity contribution in [3.05, 3.63) is 0 Å². The number of carbonyl (C=O) groups is 2. The number of amides is 1. The minimum Gasteiger partial charge on any atom is -0.481 e. The van der Waals surface area contributed by atoms with Crippen LogP contribution in [0.4, 0.5) is 0 Å². The third kappa shape index (κ3) is 9.56. The van der Waals surface area contributed by atoms with Crippen molar-refractivity contribution in [2.24, 2.45) is 0 Å². The summed E-state index contributed by atoms with van der Waals surface area (Å²) in [6.07, 6.45) is 9.91. The number of aliphatic hydroxyl groups excluding tert-OH is 1. The van der Waals surface area contributed by atoms with E-state index in [9.17, 15) is 19.8 Å². The highest BCUT2D eigenvalue weighted by molar-refractivity contribution is 5.79. The van der Waals surface area contributed by atoms with Gasteiger partial charge in [0.25, 0.3) is 0 Å². The van der Waals surface area contributed by atoms with Crippen LogP contribution in [0.3, 0.4) is 0 Å². The molecule has 0 aliphatic carbocycles. The zero-order chi connectivity index (χ0) is 20.3. The van der Waals surface area contributed by atoms with Crippen LogP contribution in [0.1, 0.15) is 97.3 Å². The molecule has 1 amide bonds. The molecule has 158 valence electrons. The van der Waals surface area contributed by atoms with Gasteiger partial charge in [0.05, 0.1) is 24.2 Å². The Hall–Kier alpha value is -1.14. The highest BCUT2D eigenvalue weighted by Gasteiger charge is 2.40. The van der Waals surface area contributed by atoms with Gasteiger partial charge >= 0.3 is 5.97 Å². The van der Waals surface area contributed by atoms with E-state index in [2.05, 4.69) is 6.92 Å². The van der Waals surface area contributed by atoms with Crippen LogP contribution in [0.15, 0.2) is 0 Å². The lowest BCUT2D eigenvalue weighted by Gasteiger charge is -2.33. The zero-order valence-corrected chi connectivity index (χ0v) is 17.2. The number of hydrogen-bond acceptors (Lipinski definition) is 4. The molecule has 0 bridgehead atoms. The van der Waals surface area contributed by atoms with Gasteiger partial charge in [0.1, 0.15) is 0 Å². The summed E-state index contributed by atoms with van der Waals surface area (Å²) < 4.78 is 0. The van der Waals surface area contributed by atoms with E-state index < -0.39 is 17.7 Å². The van der Waals surface area contributed by atoms with Crippen molar-refractivity contribution in [3.63, 3.8) is 0 Å². The van der Waals surface area contributed by atoms with E-state index in [4.69, 9.17) is 5.11 Å². The lowest BCUT2D eigenvalue weighted by atomic mass is 9.96. The summed E-state index contributed by atoms with van der Waals surface area (Å²) in [6.45, 7) is 4.24. The van der Waals surface area contributed by atoms with E-state index >= 15 is 0 Å². The molecule has 0 spiro atoms. The number of carbonyl (C=O) groups excluding carboxylic acids is 1. The first-order valence-electron chi connectivity index (χ1n) is 10.7. The number of likely N-dealkylation sites (tertiary alicyclic amines) is 1. The molecule has 3 N–H and O–H groups in total. The SMILES string of the molecule is CCCCCCCC(C)(O)CN1C(=O)CC(O)C1CCCCCCC(=O)O. The summed E-state index contributed by atoms with van der Waals surface area (Å²) in [5.74, 6) is -0.848. The van der Waals surface area contributed by atoms with Crippen LogP contribution in [-0.4, -0.2) is 56.4 Å². The first-order valence-corrected chi connectivity index (χ1v) is 10.7. The Morgan fingerprint density at radius 2 is 1.74 bits per heavy atom. The van der Waals surface area contributed by atoms with Gasteiger partial charge in [-0.05, 0) is 26.2 Å². The fourth-order valence-corrected chi connectivity index (χ4v) is 3.92. The predicted molar refractivity (Wildman–Crippen MR) is 105 cm³/mol. The van der Waals surface area contributed by atoms with E-state index in [0.29, 0.717) is 19.3 Å². The minimum absolute atomic E-state index is 0.0790. The van der Waals surface area contributed by atoms with Crippen molar-refractivity contribution in [2.75, 3.05) is 6.54 Å². The van der Waals surface area contributed by atoms with Crippen LogP contribution in [-0.2, 0) is 9.59 Å². The summed E-state index contributed by atoms with van der Waals surface area (Å²) in [7, 11) is 0. The number of carboxylic acids is 1. The van der Waals surface area contributed by atoms with Gasteiger partial charge in [-0.3, -0.25) is 9.59 Å². The standard InChI is InChI=1S/C21H39NO5/c1-3-4-5-8-11-14-21(2,27)16-22-17(18(23)15-19(22)24)12-9-6-7-10-13-20(25)26/h17-18,23,27H,3-16H2,1-2H3,(H,25,26). The number of carboxylic acid groups (broad SMARTS) is 1. The molecule has 1 fully saturated rings. The molecule has 1 aliphatic heterocycles. The quantitative estimate of drug-likeness (QED) is 0.375. The normalized spacial score (nSPS) is 22.2. The molecule has 3 unspecified atom stereocenters. The molecular formula is C21H39NO5. The van der Waals surface area contributed by atoms with Crippen molar-refractivity contribution in [1.82, 2.24) is 4.90 Å². The maximum absolute atomic E-state index is 12.3. The number of nitrogens with zero attached hydrogens (tertiary/aromatic N) is 1. The Labute approximate surface area is 163 Å². The van der Waals surface area contributed by atoms with Gasteiger partial charge in [-0.25, -0.2) is 0 Å². The molecule has 1 rings (SSSR count). The fraction of sp³-hybridized carbons (Fsp3) is 0.905. The van der Waals surface area contributed by atoms with Crippen molar-refractivity contribution >= 4 is 11.9 Å². The minimum atomic E-state index is -0.925. The summed E-state index contributed by atoms with van der Waals surface area (Å²) in [6, 6.07) is -0.233. The summed E-state index contributed by atoms with van der Waals surface area (Å²) in [5, 5.41) is 29.6. The van der Waals surface area contributed by atoms with Gasteiger partial charge < -0.3 is 20.2 Å². The second-order valence-corrected chi connectivity index (χ2v) is 8.37. The summed E-state index contributed by atoms with van der Waals surface area (Å²) >= 11 is 0. The Kier molecular flexibility index (Phi) is 10.9. The Morgan fingerprint density at radius 1 is 1.11 bits per heavy atom. The number of aliphatic hydroxyl groups is 2. The predicted octanol–water partition coefficient (Wildman–Crippen LogP) is 3.48. The molecule has 1 heterocycles.